The highest BCUT2D eigenvalue weighted by Crippen LogP contribution is 2.32. The first-order chi connectivity index (χ1) is 33.1. The third-order valence-corrected chi connectivity index (χ3v) is 13.6. The van der Waals surface area contributed by atoms with Crippen LogP contribution in [0.5, 0.6) is 5.75 Å². The molecule has 0 bridgehead atoms. The molecule has 6 rings (SSSR count). The Morgan fingerprint density at radius 2 is 1.58 bits per heavy atom. The van der Waals surface area contributed by atoms with Crippen LogP contribution in [0.3, 0.4) is 0 Å². The predicted molar refractivity (Wildman–Crippen MR) is 272 cm³/mol. The third kappa shape index (κ3) is 14.6. The molecule has 1 fully saturated rings. The van der Waals surface area contributed by atoms with Crippen molar-refractivity contribution < 1.29 is 29.4 Å². The largest absolute Gasteiger partial charge is 0.507 e. The Hall–Kier alpha value is -6.39. The molecule has 0 aliphatic carbocycles. The monoisotopic (exact) mass is 960 g/mol. The van der Waals surface area contributed by atoms with Gasteiger partial charge in [-0.3, -0.25) is 19.2 Å². The molecule has 16 heteroatoms. The maximum Gasteiger partial charge on any atom is 0.251 e. The fourth-order valence-electron chi connectivity index (χ4n) is 8.61. The number of rotatable bonds is 23. The fraction of sp³-hybridized carbons (Fsp3) is 0.453. The number of hydrogen-bond acceptors (Lipinski definition) is 12. The first-order valence-electron chi connectivity index (χ1n) is 24.2. The van der Waals surface area contributed by atoms with Crippen LogP contribution in [0.25, 0.3) is 21.7 Å². The first kappa shape index (κ1) is 52.0. The summed E-state index contributed by atoms with van der Waals surface area (Å²) in [4.78, 5) is 62.5. The van der Waals surface area contributed by atoms with Crippen molar-refractivity contribution in [1.29, 1.82) is 0 Å². The van der Waals surface area contributed by atoms with E-state index in [9.17, 15) is 29.4 Å². The van der Waals surface area contributed by atoms with E-state index in [0.717, 1.165) is 77.9 Å². The number of aryl methyl sites for hydroxylation is 1. The van der Waals surface area contributed by atoms with Gasteiger partial charge in [0.05, 0.1) is 33.6 Å². The van der Waals surface area contributed by atoms with Crippen molar-refractivity contribution in [2.24, 2.45) is 5.41 Å². The number of aromatic hydroxyl groups is 1. The van der Waals surface area contributed by atoms with Crippen LogP contribution in [0.15, 0.2) is 84.4 Å². The maximum atomic E-state index is 14.0. The van der Waals surface area contributed by atoms with Gasteiger partial charge >= 0.3 is 0 Å². The van der Waals surface area contributed by atoms with Crippen LogP contribution in [0, 0.1) is 12.3 Å². The molecule has 7 N–H and O–H groups in total. The molecule has 3 aromatic carbocycles. The number of nitrogens with one attached hydrogen (secondary N) is 3. The highest BCUT2D eigenvalue weighted by Gasteiger charge is 2.44. The van der Waals surface area contributed by atoms with Crippen molar-refractivity contribution in [3.05, 3.63) is 107 Å². The van der Waals surface area contributed by atoms with E-state index in [-0.39, 0.29) is 48.9 Å². The van der Waals surface area contributed by atoms with Crippen LogP contribution in [-0.2, 0) is 27.3 Å². The molecule has 368 valence electrons. The van der Waals surface area contributed by atoms with Crippen LogP contribution in [0.1, 0.15) is 113 Å². The Bertz CT molecular complexity index is 2490. The summed E-state index contributed by atoms with van der Waals surface area (Å²) in [5.41, 5.74) is 13.9. The second-order valence-electron chi connectivity index (χ2n) is 19.0. The van der Waals surface area contributed by atoms with Crippen LogP contribution in [0.4, 0.5) is 11.5 Å². The van der Waals surface area contributed by atoms with Crippen LogP contribution >= 0.6 is 11.3 Å². The Morgan fingerprint density at radius 3 is 2.25 bits per heavy atom. The van der Waals surface area contributed by atoms with E-state index in [1.165, 1.54) is 4.90 Å². The second kappa shape index (κ2) is 24.8. The molecule has 1 aliphatic heterocycles. The molecule has 3 heterocycles. The number of unbranched alkanes of at least 4 members (excludes halogenated alkanes) is 6. The highest BCUT2D eigenvalue weighted by molar-refractivity contribution is 7.13. The van der Waals surface area contributed by atoms with E-state index in [0.29, 0.717) is 55.1 Å². The average Bonchev–Trinajstić information content (AvgIpc) is 3.96. The smallest absolute Gasteiger partial charge is 0.251 e. The summed E-state index contributed by atoms with van der Waals surface area (Å²) in [6.45, 7) is 12.0. The molecular formula is C53H69N9O6S. The lowest BCUT2D eigenvalue weighted by molar-refractivity contribution is -0.144. The number of hydrogen-bond donors (Lipinski definition) is 6. The number of thiazole rings is 1. The summed E-state index contributed by atoms with van der Waals surface area (Å²) in [6.07, 6.45) is 6.78. The fourth-order valence-corrected chi connectivity index (χ4v) is 9.43. The average molecular weight is 960 g/mol. The number of nitrogens with zero attached hydrogens (tertiary/aromatic N) is 5. The number of aromatic nitrogens is 3. The normalized spacial score (nSPS) is 15.1. The number of carbonyl (C=O) groups is 4. The zero-order chi connectivity index (χ0) is 49.5. The van der Waals surface area contributed by atoms with E-state index >= 15 is 0 Å². The van der Waals surface area contributed by atoms with Gasteiger partial charge in [-0.1, -0.05) is 101 Å². The predicted octanol–water partition coefficient (Wildman–Crippen LogP) is 7.59. The summed E-state index contributed by atoms with van der Waals surface area (Å²) in [6, 6.07) is 22.7. The number of anilines is 2. The van der Waals surface area contributed by atoms with E-state index < -0.39 is 23.6 Å². The van der Waals surface area contributed by atoms with Crippen molar-refractivity contribution in [3.63, 3.8) is 0 Å². The van der Waals surface area contributed by atoms with Gasteiger partial charge in [-0.2, -0.15) is 0 Å². The van der Waals surface area contributed by atoms with Gasteiger partial charge in [-0.15, -0.1) is 21.5 Å². The van der Waals surface area contributed by atoms with E-state index in [1.54, 1.807) is 29.5 Å². The number of phenolic OH excluding ortho intramolecular Hbond substituents is 1. The Labute approximate surface area is 410 Å². The number of nitrogens with two attached hydrogens (primary N) is 1. The summed E-state index contributed by atoms with van der Waals surface area (Å²) < 4.78 is 0. The molecule has 0 saturated carbocycles. The summed E-state index contributed by atoms with van der Waals surface area (Å²) >= 11 is 1.58. The molecule has 4 amide bonds. The topological polar surface area (TPSA) is 216 Å². The number of carbonyl (C=O) groups excluding carboxylic acids is 4. The maximum absolute atomic E-state index is 14.0. The van der Waals surface area contributed by atoms with Crippen molar-refractivity contribution in [3.8, 4) is 27.4 Å². The van der Waals surface area contributed by atoms with Gasteiger partial charge in [0.25, 0.3) is 5.91 Å². The molecule has 0 spiro atoms. The standard InChI is InChI=1S/C53H69N9O6S/c1-6-61(43-31-42(59-60-49(43)54)41-16-13-14-17-45(41)64)29-27-36-19-25-39(26-20-36)50(66)55-28-15-11-9-7-8-10-12-18-46(65)58-48(53(3,4)5)52(68)62-33-40(63)30-44(62)51(67)56-32-37-21-23-38(24-22-37)47-35(2)57-34-69-47/h13-14,16-17,19-26,31,34,40,44,48,63-64H,6-12,15,18,27-30,32-33H2,1-5H3,(H2,54,60)(H,55,66)(H,56,67)(H,58,65)/t40-,44+,48-/m1/s1. The molecule has 1 aliphatic rings. The number of nitrogen functional groups attached to an aromatic ring is 1. The molecular weight excluding hydrogens is 891 g/mol. The van der Waals surface area contributed by atoms with Crippen molar-refractivity contribution in [2.75, 3.05) is 36.8 Å². The summed E-state index contributed by atoms with van der Waals surface area (Å²) in [5.74, 6) is -0.570. The lowest BCUT2D eigenvalue weighted by Crippen LogP contribution is -2.57. The molecule has 0 radical (unpaired) electrons. The van der Waals surface area contributed by atoms with Crippen LogP contribution in [0.2, 0.25) is 0 Å². The number of aliphatic hydroxyl groups is 1. The molecule has 0 unspecified atom stereocenters. The van der Waals surface area contributed by atoms with Crippen molar-refractivity contribution in [2.45, 2.75) is 124 Å². The van der Waals surface area contributed by atoms with Gasteiger partial charge in [0.15, 0.2) is 5.82 Å². The van der Waals surface area contributed by atoms with Gasteiger partial charge in [0, 0.05) is 56.7 Å². The number of likely N-dealkylation sites (N-methyl/N-ethyl adjacent to an activating group) is 1. The molecule has 3 atom stereocenters. The number of likely N-dealkylation sites (tertiary alicyclic amines) is 1. The Balaban J connectivity index is 0.844. The Kier molecular flexibility index (Phi) is 18.7. The van der Waals surface area contributed by atoms with Gasteiger partial charge < -0.3 is 41.7 Å². The van der Waals surface area contributed by atoms with E-state index in [1.807, 2.05) is 101 Å². The summed E-state index contributed by atoms with van der Waals surface area (Å²) in [5, 5.41) is 38.2. The number of para-hydroxylation sites is 1. The number of amides is 4. The summed E-state index contributed by atoms with van der Waals surface area (Å²) in [7, 11) is 0. The lowest BCUT2D eigenvalue weighted by Gasteiger charge is -2.35. The molecule has 15 nitrogen and oxygen atoms in total. The minimum Gasteiger partial charge on any atom is -0.507 e. The van der Waals surface area contributed by atoms with E-state index in [2.05, 4.69) is 36.0 Å². The first-order valence-corrected chi connectivity index (χ1v) is 25.1. The lowest BCUT2D eigenvalue weighted by atomic mass is 9.85. The zero-order valence-electron chi connectivity index (χ0n) is 40.7. The second-order valence-corrected chi connectivity index (χ2v) is 19.8. The SMILES string of the molecule is CCN(CCc1ccc(C(=O)NCCCCCCCCCC(=O)N[C@H](C(=O)N2C[C@H](O)C[C@H]2C(=O)NCc2ccc(-c3scnc3C)cc2)C(C)(C)C)cc1)c1cc(-c2ccccc2O)nnc1N. The minimum absolute atomic E-state index is 0.0259. The van der Waals surface area contributed by atoms with Crippen LogP contribution in [-0.4, -0.2) is 98.3 Å². The quantitative estimate of drug-likeness (QED) is 0.0351. The number of phenols is 1. The molecule has 1 saturated heterocycles. The highest BCUT2D eigenvalue weighted by atomic mass is 32.1. The number of β-amino-alcohol motifs (C(OH)–C–C–N with tert-alkyl or cyclic N) is 1. The van der Waals surface area contributed by atoms with Crippen molar-refractivity contribution in [1.82, 2.24) is 36.0 Å². The van der Waals surface area contributed by atoms with E-state index in [4.69, 9.17) is 5.73 Å². The molecule has 69 heavy (non-hydrogen) atoms. The minimum atomic E-state index is -0.860. The molecule has 5 aromatic rings. The number of aliphatic hydroxyl groups excluding tert-OH is 1. The third-order valence-electron chi connectivity index (χ3n) is 12.7. The van der Waals surface area contributed by atoms with Gasteiger partial charge in [0.1, 0.15) is 17.8 Å². The Morgan fingerprint density at radius 1 is 0.899 bits per heavy atom. The van der Waals surface area contributed by atoms with Gasteiger partial charge in [-0.05, 0) is 85.5 Å². The zero-order valence-corrected chi connectivity index (χ0v) is 41.5. The number of benzene rings is 3. The van der Waals surface area contributed by atoms with Crippen molar-refractivity contribution >= 4 is 46.5 Å². The van der Waals surface area contributed by atoms with Crippen LogP contribution < -0.4 is 26.6 Å². The molecule has 2 aromatic heterocycles. The van der Waals surface area contributed by atoms with Gasteiger partial charge in [0.2, 0.25) is 17.7 Å². The van der Waals surface area contributed by atoms with Gasteiger partial charge in [-0.25, -0.2) is 4.98 Å².